The third kappa shape index (κ3) is 2.21. The van der Waals surface area contributed by atoms with Gasteiger partial charge in [-0.05, 0) is 6.42 Å². The zero-order valence-corrected chi connectivity index (χ0v) is 8.16. The van der Waals surface area contributed by atoms with Crippen LogP contribution in [-0.2, 0) is 11.3 Å². The fraction of sp³-hybridized carbons (Fsp3) is 0.500. The summed E-state index contributed by atoms with van der Waals surface area (Å²) in [6, 6.07) is 0. The highest BCUT2D eigenvalue weighted by Gasteiger charge is 2.17. The molecule has 1 aromatic heterocycles. The highest BCUT2D eigenvalue weighted by atomic mass is 35.5. The summed E-state index contributed by atoms with van der Waals surface area (Å²) in [6.45, 7) is 2.84. The number of halogens is 1. The van der Waals surface area contributed by atoms with Gasteiger partial charge in [-0.25, -0.2) is 4.98 Å². The molecule has 5 heteroatoms. The molecule has 0 fully saturated rings. The van der Waals surface area contributed by atoms with Crippen molar-refractivity contribution in [1.29, 1.82) is 0 Å². The number of hydrogen-bond donors (Lipinski definition) is 1. The van der Waals surface area contributed by atoms with Crippen LogP contribution in [0.2, 0.25) is 0 Å². The summed E-state index contributed by atoms with van der Waals surface area (Å²) in [5, 5.41) is -0.783. The van der Waals surface area contributed by atoms with Gasteiger partial charge in [-0.1, -0.05) is 6.92 Å². The fourth-order valence-corrected chi connectivity index (χ4v) is 1.30. The third-order valence-corrected chi connectivity index (χ3v) is 2.16. The largest absolute Gasteiger partial charge is 0.368 e. The molecule has 0 spiro atoms. The second kappa shape index (κ2) is 4.28. The molecule has 4 nitrogen and oxygen atoms in total. The molecule has 0 aromatic carbocycles. The average Bonchev–Trinajstić information content (AvgIpc) is 2.52. The minimum Gasteiger partial charge on any atom is -0.368 e. The molecule has 1 aromatic rings. The number of alkyl halides is 1. The van der Waals surface area contributed by atoms with Crippen LogP contribution in [0.5, 0.6) is 0 Å². The number of imidazole rings is 1. The zero-order valence-electron chi connectivity index (χ0n) is 7.40. The van der Waals surface area contributed by atoms with Crippen molar-refractivity contribution in [3.8, 4) is 0 Å². The second-order valence-electron chi connectivity index (χ2n) is 2.78. The van der Waals surface area contributed by atoms with E-state index in [4.69, 9.17) is 17.3 Å². The van der Waals surface area contributed by atoms with Gasteiger partial charge in [0, 0.05) is 6.54 Å². The molecule has 0 saturated heterocycles. The van der Waals surface area contributed by atoms with Crippen molar-refractivity contribution in [1.82, 2.24) is 9.55 Å². The topological polar surface area (TPSA) is 60.9 Å². The normalized spacial score (nSPS) is 12.8. The molecule has 1 atom stereocenters. The molecule has 0 aliphatic carbocycles. The summed E-state index contributed by atoms with van der Waals surface area (Å²) in [5.41, 5.74) is 5.74. The number of primary amides is 1. The summed E-state index contributed by atoms with van der Waals surface area (Å²) in [7, 11) is 0. The van der Waals surface area contributed by atoms with Crippen LogP contribution in [0, 0.1) is 0 Å². The first-order valence-corrected chi connectivity index (χ1v) is 4.54. The smallest absolute Gasteiger partial charge is 0.241 e. The summed E-state index contributed by atoms with van der Waals surface area (Å²) in [4.78, 5) is 14.7. The van der Waals surface area contributed by atoms with Crippen LogP contribution < -0.4 is 5.73 Å². The molecule has 72 valence electrons. The van der Waals surface area contributed by atoms with Gasteiger partial charge in [-0.3, -0.25) is 4.79 Å². The molecule has 0 saturated carbocycles. The number of aryl methyl sites for hydroxylation is 1. The van der Waals surface area contributed by atoms with Gasteiger partial charge in [0.25, 0.3) is 0 Å². The van der Waals surface area contributed by atoms with E-state index in [0.29, 0.717) is 5.69 Å². The average molecular weight is 202 g/mol. The third-order valence-electron chi connectivity index (χ3n) is 1.72. The van der Waals surface area contributed by atoms with Gasteiger partial charge in [0.05, 0.1) is 18.2 Å². The number of rotatable bonds is 4. The van der Waals surface area contributed by atoms with Crippen LogP contribution in [0.4, 0.5) is 0 Å². The fourth-order valence-electron chi connectivity index (χ4n) is 1.12. The standard InChI is InChI=1S/C8H12ClN3O/c1-2-3-12-5-11-4-6(12)7(9)8(10)13/h4-5,7H,2-3H2,1H3,(H2,10,13). The molecule has 1 heterocycles. The molecule has 1 rings (SSSR count). The number of hydrogen-bond acceptors (Lipinski definition) is 2. The van der Waals surface area contributed by atoms with Crippen LogP contribution in [0.1, 0.15) is 24.4 Å². The molecular formula is C8H12ClN3O. The molecule has 2 N–H and O–H groups in total. The number of carbonyl (C=O) groups excluding carboxylic acids is 1. The van der Waals surface area contributed by atoms with Crippen molar-refractivity contribution >= 4 is 17.5 Å². The Morgan fingerprint density at radius 1 is 1.85 bits per heavy atom. The van der Waals surface area contributed by atoms with E-state index in [0.717, 1.165) is 13.0 Å². The van der Waals surface area contributed by atoms with E-state index < -0.39 is 11.3 Å². The Balaban J connectivity index is 2.86. The van der Waals surface area contributed by atoms with Crippen molar-refractivity contribution in [2.45, 2.75) is 25.3 Å². The maximum absolute atomic E-state index is 10.8. The van der Waals surface area contributed by atoms with E-state index in [-0.39, 0.29) is 0 Å². The van der Waals surface area contributed by atoms with E-state index in [9.17, 15) is 4.79 Å². The van der Waals surface area contributed by atoms with Crippen LogP contribution >= 0.6 is 11.6 Å². The van der Waals surface area contributed by atoms with Crippen molar-refractivity contribution in [3.05, 3.63) is 18.2 Å². The van der Waals surface area contributed by atoms with E-state index in [1.165, 1.54) is 0 Å². The van der Waals surface area contributed by atoms with Gasteiger partial charge in [0.1, 0.15) is 0 Å². The highest BCUT2D eigenvalue weighted by molar-refractivity contribution is 6.30. The molecule has 1 unspecified atom stereocenters. The summed E-state index contributed by atoms with van der Waals surface area (Å²) >= 11 is 5.79. The Kier molecular flexibility index (Phi) is 3.31. The lowest BCUT2D eigenvalue weighted by Gasteiger charge is -2.08. The molecule has 0 radical (unpaired) electrons. The van der Waals surface area contributed by atoms with Crippen LogP contribution in [0.15, 0.2) is 12.5 Å². The Labute approximate surface area is 81.7 Å². The first-order chi connectivity index (χ1) is 6.16. The Hall–Kier alpha value is -1.03. The molecule has 1 amide bonds. The molecule has 13 heavy (non-hydrogen) atoms. The maximum atomic E-state index is 10.8. The van der Waals surface area contributed by atoms with Gasteiger partial charge in [-0.15, -0.1) is 11.6 Å². The minimum absolute atomic E-state index is 0.542. The SMILES string of the molecule is CCCn1cncc1C(Cl)C(N)=O. The Morgan fingerprint density at radius 2 is 2.54 bits per heavy atom. The monoisotopic (exact) mass is 201 g/mol. The lowest BCUT2D eigenvalue weighted by Crippen LogP contribution is -2.19. The summed E-state index contributed by atoms with van der Waals surface area (Å²) < 4.78 is 1.84. The second-order valence-corrected chi connectivity index (χ2v) is 3.21. The van der Waals surface area contributed by atoms with Crippen molar-refractivity contribution in [3.63, 3.8) is 0 Å². The van der Waals surface area contributed by atoms with Crippen molar-refractivity contribution in [2.75, 3.05) is 0 Å². The molecular weight excluding hydrogens is 190 g/mol. The van der Waals surface area contributed by atoms with Gasteiger partial charge in [-0.2, -0.15) is 0 Å². The van der Waals surface area contributed by atoms with Gasteiger partial charge >= 0.3 is 0 Å². The highest BCUT2D eigenvalue weighted by Crippen LogP contribution is 2.19. The predicted octanol–water partition coefficient (Wildman–Crippen LogP) is 1.06. The summed E-state index contributed by atoms with van der Waals surface area (Å²) in [5.74, 6) is -0.542. The van der Waals surface area contributed by atoms with Crippen LogP contribution in [-0.4, -0.2) is 15.5 Å². The van der Waals surface area contributed by atoms with Crippen molar-refractivity contribution < 1.29 is 4.79 Å². The summed E-state index contributed by atoms with van der Waals surface area (Å²) in [6.07, 6.45) is 4.18. The quantitative estimate of drug-likeness (QED) is 0.741. The maximum Gasteiger partial charge on any atom is 0.241 e. The lowest BCUT2D eigenvalue weighted by atomic mass is 10.3. The number of carbonyl (C=O) groups is 1. The van der Waals surface area contributed by atoms with Gasteiger partial charge in [0.15, 0.2) is 5.38 Å². The number of aromatic nitrogens is 2. The first kappa shape index (κ1) is 10.1. The molecule has 0 aliphatic rings. The Morgan fingerprint density at radius 3 is 3.08 bits per heavy atom. The van der Waals surface area contributed by atoms with Gasteiger partial charge < -0.3 is 10.3 Å². The first-order valence-electron chi connectivity index (χ1n) is 4.10. The van der Waals surface area contributed by atoms with E-state index in [1.54, 1.807) is 12.5 Å². The van der Waals surface area contributed by atoms with Crippen LogP contribution in [0.25, 0.3) is 0 Å². The van der Waals surface area contributed by atoms with E-state index in [2.05, 4.69) is 4.98 Å². The number of nitrogens with two attached hydrogens (primary N) is 1. The minimum atomic E-state index is -0.783. The molecule has 0 aliphatic heterocycles. The number of nitrogens with zero attached hydrogens (tertiary/aromatic N) is 2. The van der Waals surface area contributed by atoms with Gasteiger partial charge in [0.2, 0.25) is 5.91 Å². The number of amides is 1. The van der Waals surface area contributed by atoms with Crippen molar-refractivity contribution in [2.24, 2.45) is 5.73 Å². The zero-order chi connectivity index (χ0) is 9.84. The van der Waals surface area contributed by atoms with E-state index >= 15 is 0 Å². The lowest BCUT2D eigenvalue weighted by molar-refractivity contribution is -0.117. The van der Waals surface area contributed by atoms with Crippen LogP contribution in [0.3, 0.4) is 0 Å². The Bertz CT molecular complexity index is 297. The van der Waals surface area contributed by atoms with E-state index in [1.807, 2.05) is 11.5 Å². The predicted molar refractivity (Wildman–Crippen MR) is 50.3 cm³/mol. The molecule has 0 bridgehead atoms.